The first-order valence-corrected chi connectivity index (χ1v) is 7.90. The van der Waals surface area contributed by atoms with Gasteiger partial charge in [0.1, 0.15) is 5.69 Å². The number of hydrogen-bond acceptors (Lipinski definition) is 2. The van der Waals surface area contributed by atoms with Crippen LogP contribution >= 0.6 is 12.2 Å². The van der Waals surface area contributed by atoms with Gasteiger partial charge in [-0.15, -0.1) is 0 Å². The van der Waals surface area contributed by atoms with Crippen molar-refractivity contribution < 1.29 is 22.0 Å². The topological polar surface area (TPSA) is 27.3 Å². The Bertz CT molecular complexity index is 609. The lowest BCUT2D eigenvalue weighted by Gasteiger charge is -2.37. The molecule has 134 valence electrons. The summed E-state index contributed by atoms with van der Waals surface area (Å²) in [6.07, 6.45) is 3.74. The van der Waals surface area contributed by atoms with Gasteiger partial charge in [0.25, 0.3) is 0 Å². The molecule has 2 atom stereocenters. The van der Waals surface area contributed by atoms with Crippen molar-refractivity contribution in [3.05, 3.63) is 29.1 Å². The van der Waals surface area contributed by atoms with Crippen molar-refractivity contribution >= 4 is 23.0 Å². The van der Waals surface area contributed by atoms with Crippen molar-refractivity contribution in [2.24, 2.45) is 0 Å². The highest BCUT2D eigenvalue weighted by molar-refractivity contribution is 7.80. The van der Waals surface area contributed by atoms with E-state index in [0.717, 1.165) is 25.7 Å². The number of thiocarbonyl (C=S) groups is 1. The van der Waals surface area contributed by atoms with Gasteiger partial charge in [-0.05, 0) is 39.2 Å². The molecule has 0 spiro atoms. The van der Waals surface area contributed by atoms with E-state index >= 15 is 0 Å². The zero-order valence-corrected chi connectivity index (χ0v) is 14.0. The van der Waals surface area contributed by atoms with Crippen LogP contribution in [0, 0.1) is 29.1 Å². The Morgan fingerprint density at radius 1 is 0.917 bits per heavy atom. The van der Waals surface area contributed by atoms with Crippen molar-refractivity contribution in [1.82, 2.24) is 10.2 Å². The molecule has 0 radical (unpaired) electrons. The fourth-order valence-electron chi connectivity index (χ4n) is 2.93. The van der Waals surface area contributed by atoms with Gasteiger partial charge in [-0.2, -0.15) is 0 Å². The van der Waals surface area contributed by atoms with Crippen molar-refractivity contribution in [2.75, 3.05) is 19.4 Å². The van der Waals surface area contributed by atoms with Gasteiger partial charge in [-0.3, -0.25) is 0 Å². The molecule has 0 aliphatic heterocycles. The van der Waals surface area contributed by atoms with Gasteiger partial charge in [0, 0.05) is 12.1 Å². The highest BCUT2D eigenvalue weighted by Gasteiger charge is 2.29. The summed E-state index contributed by atoms with van der Waals surface area (Å²) < 4.78 is 66.8. The number of nitrogens with zero attached hydrogens (tertiary/aromatic N) is 1. The van der Waals surface area contributed by atoms with Gasteiger partial charge in [-0.25, -0.2) is 22.0 Å². The van der Waals surface area contributed by atoms with Crippen LogP contribution in [-0.2, 0) is 0 Å². The molecule has 0 amide bonds. The summed E-state index contributed by atoms with van der Waals surface area (Å²) in [4.78, 5) is 2.01. The van der Waals surface area contributed by atoms with Crippen LogP contribution in [0.25, 0.3) is 0 Å². The molecule has 0 bridgehead atoms. The Balaban J connectivity index is 2.15. The molecule has 2 unspecified atom stereocenters. The van der Waals surface area contributed by atoms with Gasteiger partial charge >= 0.3 is 0 Å². The third-order valence-electron chi connectivity index (χ3n) is 4.16. The fourth-order valence-corrected chi connectivity index (χ4v) is 3.18. The number of likely N-dealkylation sites (N-methyl/N-ethyl adjacent to an activating group) is 1. The average molecular weight is 367 g/mol. The quantitative estimate of drug-likeness (QED) is 0.370. The number of hydrogen-bond donors (Lipinski definition) is 2. The monoisotopic (exact) mass is 367 g/mol. The van der Waals surface area contributed by atoms with E-state index in [2.05, 4.69) is 10.6 Å². The van der Waals surface area contributed by atoms with E-state index in [9.17, 15) is 22.0 Å². The zero-order chi connectivity index (χ0) is 18.0. The third kappa shape index (κ3) is 3.77. The zero-order valence-electron chi connectivity index (χ0n) is 13.2. The summed E-state index contributed by atoms with van der Waals surface area (Å²) in [5, 5.41) is 4.83. The van der Waals surface area contributed by atoms with Gasteiger partial charge in [0.15, 0.2) is 28.4 Å². The summed E-state index contributed by atoms with van der Waals surface area (Å²) >= 11 is 4.98. The minimum absolute atomic E-state index is 0.0741. The van der Waals surface area contributed by atoms with E-state index in [-0.39, 0.29) is 17.2 Å². The van der Waals surface area contributed by atoms with Crippen LogP contribution in [0.15, 0.2) is 0 Å². The van der Waals surface area contributed by atoms with Crippen LogP contribution in [0.2, 0.25) is 0 Å². The van der Waals surface area contributed by atoms with Crippen LogP contribution in [0.5, 0.6) is 0 Å². The van der Waals surface area contributed by atoms with Crippen molar-refractivity contribution in [3.8, 4) is 0 Å². The van der Waals surface area contributed by atoms with Crippen molar-refractivity contribution in [3.63, 3.8) is 0 Å². The molecule has 0 aromatic heterocycles. The Labute approximate surface area is 142 Å². The second-order valence-electron chi connectivity index (χ2n) is 5.97. The number of rotatable bonds is 3. The molecule has 1 aromatic rings. The van der Waals surface area contributed by atoms with Crippen LogP contribution in [0.3, 0.4) is 0 Å². The molecule has 1 fully saturated rings. The van der Waals surface area contributed by atoms with E-state index in [1.165, 1.54) is 0 Å². The lowest BCUT2D eigenvalue weighted by Crippen LogP contribution is -2.52. The molecule has 9 heteroatoms. The van der Waals surface area contributed by atoms with Crippen LogP contribution in [-0.4, -0.2) is 36.2 Å². The average Bonchev–Trinajstić information content (AvgIpc) is 2.55. The SMILES string of the molecule is CN(C)C1CCCCC1NC(=S)Nc1c(F)c(F)c(F)c(F)c1F. The number of nitrogens with one attached hydrogen (secondary N) is 2. The predicted molar refractivity (Wildman–Crippen MR) is 85.3 cm³/mol. The van der Waals surface area contributed by atoms with E-state index in [1.54, 1.807) is 0 Å². The first-order chi connectivity index (χ1) is 11.2. The first-order valence-electron chi connectivity index (χ1n) is 7.49. The van der Waals surface area contributed by atoms with E-state index in [0.29, 0.717) is 0 Å². The maximum absolute atomic E-state index is 13.7. The highest BCUT2D eigenvalue weighted by Crippen LogP contribution is 2.27. The molecule has 24 heavy (non-hydrogen) atoms. The van der Waals surface area contributed by atoms with E-state index < -0.39 is 34.8 Å². The number of benzene rings is 1. The second-order valence-corrected chi connectivity index (χ2v) is 6.37. The molecule has 1 saturated carbocycles. The van der Waals surface area contributed by atoms with Crippen LogP contribution < -0.4 is 10.6 Å². The molecule has 3 nitrogen and oxygen atoms in total. The fraction of sp³-hybridized carbons (Fsp3) is 0.533. The molecule has 2 rings (SSSR count). The number of halogens is 5. The molecule has 0 heterocycles. The third-order valence-corrected chi connectivity index (χ3v) is 4.38. The molecule has 1 aromatic carbocycles. The largest absolute Gasteiger partial charge is 0.358 e. The normalized spacial score (nSPS) is 21.0. The summed E-state index contributed by atoms with van der Waals surface area (Å²) in [5.74, 6) is -10.1. The van der Waals surface area contributed by atoms with Gasteiger partial charge in [0.2, 0.25) is 5.82 Å². The van der Waals surface area contributed by atoms with Crippen LogP contribution in [0.1, 0.15) is 25.7 Å². The summed E-state index contributed by atoms with van der Waals surface area (Å²) in [6.45, 7) is 0. The lowest BCUT2D eigenvalue weighted by molar-refractivity contribution is 0.190. The predicted octanol–water partition coefficient (Wildman–Crippen LogP) is 3.54. The summed E-state index contributed by atoms with van der Waals surface area (Å²) in [6, 6.07) is 0.0879. The maximum Gasteiger partial charge on any atom is 0.200 e. The minimum Gasteiger partial charge on any atom is -0.358 e. The Kier molecular flexibility index (Phi) is 5.97. The maximum atomic E-state index is 13.7. The van der Waals surface area contributed by atoms with Crippen molar-refractivity contribution in [1.29, 1.82) is 0 Å². The molecule has 2 N–H and O–H groups in total. The minimum atomic E-state index is -2.20. The van der Waals surface area contributed by atoms with E-state index in [4.69, 9.17) is 12.2 Å². The summed E-state index contributed by atoms with van der Waals surface area (Å²) in [7, 11) is 3.82. The Hall–Kier alpha value is -1.48. The lowest BCUT2D eigenvalue weighted by atomic mass is 9.90. The molecule has 1 aliphatic carbocycles. The molecular formula is C15H18F5N3S. The molecular weight excluding hydrogens is 349 g/mol. The molecule has 0 saturated heterocycles. The van der Waals surface area contributed by atoms with Gasteiger partial charge in [-0.1, -0.05) is 12.8 Å². The summed E-state index contributed by atoms with van der Waals surface area (Å²) in [5.41, 5.74) is -1.15. The van der Waals surface area contributed by atoms with Gasteiger partial charge < -0.3 is 15.5 Å². The first kappa shape index (κ1) is 18.9. The smallest absolute Gasteiger partial charge is 0.200 e. The van der Waals surface area contributed by atoms with Crippen LogP contribution in [0.4, 0.5) is 27.6 Å². The Morgan fingerprint density at radius 3 is 1.96 bits per heavy atom. The standard InChI is InChI=1S/C15H18F5N3S/c1-23(2)8-6-4-3-5-7(8)21-15(24)22-14-12(19)10(17)9(16)11(18)13(14)20/h7-8H,3-6H2,1-2H3,(H2,21,22,24). The second kappa shape index (κ2) is 7.60. The Morgan fingerprint density at radius 2 is 1.42 bits per heavy atom. The molecule has 1 aliphatic rings. The van der Waals surface area contributed by atoms with Crippen molar-refractivity contribution in [2.45, 2.75) is 37.8 Å². The highest BCUT2D eigenvalue weighted by atomic mass is 32.1. The van der Waals surface area contributed by atoms with Gasteiger partial charge in [0.05, 0.1) is 0 Å². The van der Waals surface area contributed by atoms with E-state index in [1.807, 2.05) is 19.0 Å². The number of anilines is 1.